The third kappa shape index (κ3) is 3.60. The summed E-state index contributed by atoms with van der Waals surface area (Å²) < 4.78 is 42.6. The van der Waals surface area contributed by atoms with Gasteiger partial charge in [0.15, 0.2) is 5.69 Å². The number of nitrogens with zero attached hydrogens (tertiary/aromatic N) is 5. The fraction of sp³-hybridized carbons (Fsp3) is 0.100. The van der Waals surface area contributed by atoms with Crippen LogP contribution in [0.5, 0.6) is 0 Å². The summed E-state index contributed by atoms with van der Waals surface area (Å²) in [5.74, 6) is 0. The Hall–Kier alpha value is -3.93. The molecule has 0 bridgehead atoms. The molecule has 0 radical (unpaired) electrons. The molecule has 0 aliphatic rings. The van der Waals surface area contributed by atoms with Gasteiger partial charge in [-0.1, -0.05) is 24.3 Å². The molecule has 0 spiro atoms. The van der Waals surface area contributed by atoms with Gasteiger partial charge in [-0.15, -0.1) is 0 Å². The molecule has 0 saturated carbocycles. The molecule has 3 aromatic heterocycles. The largest absolute Gasteiger partial charge is 0.433 e. The molecule has 4 rings (SSSR count). The van der Waals surface area contributed by atoms with Gasteiger partial charge in [0.2, 0.25) is 0 Å². The van der Waals surface area contributed by atoms with Crippen molar-refractivity contribution in [1.82, 2.24) is 19.7 Å². The summed E-state index contributed by atoms with van der Waals surface area (Å²) >= 11 is 0. The normalized spacial score (nSPS) is 11.4. The second-order valence-corrected chi connectivity index (χ2v) is 6.20. The molecule has 0 aliphatic heterocycles. The van der Waals surface area contributed by atoms with Gasteiger partial charge < -0.3 is 5.32 Å². The van der Waals surface area contributed by atoms with E-state index in [0.717, 1.165) is 4.68 Å². The van der Waals surface area contributed by atoms with Crippen molar-refractivity contribution in [3.8, 4) is 11.8 Å². The third-order valence-corrected chi connectivity index (χ3v) is 4.35. The van der Waals surface area contributed by atoms with Gasteiger partial charge >= 0.3 is 6.18 Å². The van der Waals surface area contributed by atoms with Gasteiger partial charge in [0.05, 0.1) is 18.1 Å². The number of hydrogen-bond acceptors (Lipinski definition) is 5. The average molecular weight is 394 g/mol. The van der Waals surface area contributed by atoms with E-state index in [1.807, 2.05) is 6.07 Å². The van der Waals surface area contributed by atoms with E-state index in [1.165, 1.54) is 24.7 Å². The van der Waals surface area contributed by atoms with E-state index in [1.54, 1.807) is 36.5 Å². The Labute approximate surface area is 163 Å². The second kappa shape index (κ2) is 7.24. The van der Waals surface area contributed by atoms with Gasteiger partial charge in [-0.05, 0) is 12.1 Å². The first kappa shape index (κ1) is 18.4. The lowest BCUT2D eigenvalue weighted by Gasteiger charge is -2.14. The van der Waals surface area contributed by atoms with E-state index in [0.29, 0.717) is 16.5 Å². The Kier molecular flexibility index (Phi) is 4.60. The molecule has 0 atom stereocenters. The van der Waals surface area contributed by atoms with Crippen molar-refractivity contribution < 1.29 is 13.2 Å². The Morgan fingerprint density at radius 2 is 1.93 bits per heavy atom. The summed E-state index contributed by atoms with van der Waals surface area (Å²) in [6, 6.07) is 12.0. The maximum atomic E-state index is 13.9. The lowest BCUT2D eigenvalue weighted by molar-refractivity contribution is -0.143. The van der Waals surface area contributed by atoms with Crippen LogP contribution in [-0.4, -0.2) is 19.7 Å². The molecule has 0 amide bonds. The molecule has 0 unspecified atom stereocenters. The summed E-state index contributed by atoms with van der Waals surface area (Å²) in [7, 11) is 0. The fourth-order valence-electron chi connectivity index (χ4n) is 3.06. The van der Waals surface area contributed by atoms with Crippen molar-refractivity contribution in [1.29, 1.82) is 5.26 Å². The first-order valence-corrected chi connectivity index (χ1v) is 8.54. The lowest BCUT2D eigenvalue weighted by atomic mass is 10.1. The third-order valence-electron chi connectivity index (χ3n) is 4.35. The zero-order valence-electron chi connectivity index (χ0n) is 14.9. The standard InChI is InChI=1S/C20H13F3N6/c21-20(22,23)19-14(10-27-15-5-6-26-16(7-15)8-24)11-28-29(19)18-12-25-9-13-3-1-2-4-17(13)18/h1-7,9,11-12H,10H2,(H,26,27). The van der Waals surface area contributed by atoms with Crippen LogP contribution in [0.2, 0.25) is 0 Å². The minimum atomic E-state index is -4.62. The highest BCUT2D eigenvalue weighted by atomic mass is 19.4. The Morgan fingerprint density at radius 3 is 2.72 bits per heavy atom. The molecule has 1 N–H and O–H groups in total. The first-order valence-electron chi connectivity index (χ1n) is 8.54. The van der Waals surface area contributed by atoms with Crippen LogP contribution in [0.1, 0.15) is 17.0 Å². The Bertz CT molecular complexity index is 1220. The molecule has 0 fully saturated rings. The first-order chi connectivity index (χ1) is 14.0. The fourth-order valence-corrected chi connectivity index (χ4v) is 3.06. The summed E-state index contributed by atoms with van der Waals surface area (Å²) in [6.07, 6.45) is 0.930. The summed E-state index contributed by atoms with van der Waals surface area (Å²) in [5, 5.41) is 17.1. The lowest BCUT2D eigenvalue weighted by Crippen LogP contribution is -2.17. The van der Waals surface area contributed by atoms with Gasteiger partial charge in [-0.2, -0.15) is 23.5 Å². The van der Waals surface area contributed by atoms with Crippen LogP contribution in [0.25, 0.3) is 16.5 Å². The van der Waals surface area contributed by atoms with Crippen LogP contribution in [-0.2, 0) is 12.7 Å². The molecule has 4 aromatic rings. The number of rotatable bonds is 4. The van der Waals surface area contributed by atoms with Crippen molar-refractivity contribution in [2.45, 2.75) is 12.7 Å². The van der Waals surface area contributed by atoms with Gasteiger partial charge in [0.1, 0.15) is 11.8 Å². The second-order valence-electron chi connectivity index (χ2n) is 6.20. The highest BCUT2D eigenvalue weighted by Gasteiger charge is 2.38. The Morgan fingerprint density at radius 1 is 1.10 bits per heavy atom. The predicted molar refractivity (Wildman–Crippen MR) is 100 cm³/mol. The van der Waals surface area contributed by atoms with Crippen LogP contribution >= 0.6 is 0 Å². The van der Waals surface area contributed by atoms with Gasteiger partial charge in [0.25, 0.3) is 0 Å². The van der Waals surface area contributed by atoms with E-state index in [2.05, 4.69) is 20.4 Å². The van der Waals surface area contributed by atoms with E-state index in [-0.39, 0.29) is 23.5 Å². The molecular formula is C20H13F3N6. The molecular weight excluding hydrogens is 381 g/mol. The number of benzene rings is 1. The maximum Gasteiger partial charge on any atom is 0.433 e. The summed E-state index contributed by atoms with van der Waals surface area (Å²) in [6.45, 7) is -0.123. The molecule has 1 aromatic carbocycles. The van der Waals surface area contributed by atoms with Gasteiger partial charge in [-0.3, -0.25) is 4.98 Å². The molecule has 3 heterocycles. The van der Waals surface area contributed by atoms with E-state index in [4.69, 9.17) is 5.26 Å². The number of pyridine rings is 2. The highest BCUT2D eigenvalue weighted by Crippen LogP contribution is 2.35. The Balaban J connectivity index is 1.75. The number of halogens is 3. The molecule has 29 heavy (non-hydrogen) atoms. The number of nitriles is 1. The number of fused-ring (bicyclic) bond motifs is 1. The zero-order chi connectivity index (χ0) is 20.4. The monoisotopic (exact) mass is 394 g/mol. The van der Waals surface area contributed by atoms with Gasteiger partial charge in [0, 0.05) is 41.0 Å². The van der Waals surface area contributed by atoms with Crippen LogP contribution in [0, 0.1) is 11.3 Å². The summed E-state index contributed by atoms with van der Waals surface area (Å²) in [4.78, 5) is 7.89. The van der Waals surface area contributed by atoms with Crippen molar-refractivity contribution in [3.05, 3.63) is 78.1 Å². The predicted octanol–water partition coefficient (Wildman–Crippen LogP) is 4.32. The van der Waals surface area contributed by atoms with E-state index >= 15 is 0 Å². The molecule has 9 heteroatoms. The minimum Gasteiger partial charge on any atom is -0.381 e. The number of aromatic nitrogens is 4. The van der Waals surface area contributed by atoms with E-state index < -0.39 is 11.9 Å². The van der Waals surface area contributed by atoms with Crippen molar-refractivity contribution in [3.63, 3.8) is 0 Å². The van der Waals surface area contributed by atoms with Crippen molar-refractivity contribution in [2.75, 3.05) is 5.32 Å². The minimum absolute atomic E-state index is 0.0271. The number of alkyl halides is 3. The number of nitrogens with one attached hydrogen (secondary N) is 1. The zero-order valence-corrected chi connectivity index (χ0v) is 14.9. The molecule has 0 saturated heterocycles. The highest BCUT2D eigenvalue weighted by molar-refractivity contribution is 5.89. The topological polar surface area (TPSA) is 79.4 Å². The van der Waals surface area contributed by atoms with Crippen LogP contribution in [0.3, 0.4) is 0 Å². The van der Waals surface area contributed by atoms with Crippen molar-refractivity contribution in [2.24, 2.45) is 0 Å². The molecule has 6 nitrogen and oxygen atoms in total. The smallest absolute Gasteiger partial charge is 0.381 e. The van der Waals surface area contributed by atoms with Gasteiger partial charge in [-0.25, -0.2) is 9.67 Å². The van der Waals surface area contributed by atoms with E-state index in [9.17, 15) is 13.2 Å². The summed E-state index contributed by atoms with van der Waals surface area (Å²) in [5.41, 5.74) is 0.00337. The quantitative estimate of drug-likeness (QED) is 0.558. The van der Waals surface area contributed by atoms with Crippen LogP contribution < -0.4 is 5.32 Å². The van der Waals surface area contributed by atoms with Crippen molar-refractivity contribution >= 4 is 16.5 Å². The molecule has 0 aliphatic carbocycles. The number of anilines is 1. The maximum absolute atomic E-state index is 13.9. The molecule has 144 valence electrons. The number of hydrogen-bond donors (Lipinski definition) is 1. The van der Waals surface area contributed by atoms with Crippen LogP contribution in [0.4, 0.5) is 18.9 Å². The van der Waals surface area contributed by atoms with Crippen LogP contribution in [0.15, 0.2) is 61.2 Å². The SMILES string of the molecule is N#Cc1cc(NCc2cnn(-c3cncc4ccccc34)c2C(F)(F)F)ccn1. The average Bonchev–Trinajstić information content (AvgIpc) is 3.16.